The van der Waals surface area contributed by atoms with Crippen molar-refractivity contribution in [2.45, 2.75) is 78.9 Å². The van der Waals surface area contributed by atoms with E-state index in [1.807, 2.05) is 40.7 Å². The van der Waals surface area contributed by atoms with Crippen LogP contribution in [0.15, 0.2) is 11.6 Å². The van der Waals surface area contributed by atoms with Gasteiger partial charge in [-0.3, -0.25) is 9.59 Å². The van der Waals surface area contributed by atoms with Crippen molar-refractivity contribution in [1.29, 1.82) is 0 Å². The van der Waals surface area contributed by atoms with E-state index in [0.29, 0.717) is 25.7 Å². The summed E-state index contributed by atoms with van der Waals surface area (Å²) in [6.45, 7) is 11.4. The predicted octanol–water partition coefficient (Wildman–Crippen LogP) is 4.13. The Morgan fingerprint density at radius 2 is 1.89 bits per heavy atom. The highest BCUT2D eigenvalue weighted by Gasteiger charge is 2.60. The van der Waals surface area contributed by atoms with Crippen molar-refractivity contribution >= 4 is 17.8 Å². The minimum absolute atomic E-state index is 0.223. The van der Waals surface area contributed by atoms with Crippen LogP contribution in [-0.2, 0) is 19.1 Å². The average Bonchev–Trinajstić information content (AvgIpc) is 2.76. The smallest absolute Gasteiger partial charge is 0.410 e. The molecule has 0 radical (unpaired) electrons. The molecule has 0 bridgehead atoms. The van der Waals surface area contributed by atoms with Gasteiger partial charge < -0.3 is 14.4 Å². The number of esters is 1. The second-order valence-electron chi connectivity index (χ2n) is 9.71. The number of ether oxygens (including phenoxy) is 2. The van der Waals surface area contributed by atoms with Crippen LogP contribution in [-0.4, -0.2) is 48.5 Å². The quantitative estimate of drug-likeness (QED) is 0.532. The van der Waals surface area contributed by atoms with Gasteiger partial charge in [-0.2, -0.15) is 0 Å². The van der Waals surface area contributed by atoms with Crippen LogP contribution in [0.2, 0.25) is 0 Å². The van der Waals surface area contributed by atoms with Gasteiger partial charge in [0.2, 0.25) is 0 Å². The second kappa shape index (κ2) is 7.53. The fourth-order valence-corrected chi connectivity index (χ4v) is 4.70. The van der Waals surface area contributed by atoms with Crippen molar-refractivity contribution in [3.05, 3.63) is 11.6 Å². The van der Waals surface area contributed by atoms with Crippen molar-refractivity contribution in [2.24, 2.45) is 16.7 Å². The zero-order valence-corrected chi connectivity index (χ0v) is 18.5. The van der Waals surface area contributed by atoms with E-state index >= 15 is 0 Å². The summed E-state index contributed by atoms with van der Waals surface area (Å²) < 4.78 is 10.5. The van der Waals surface area contributed by atoms with Crippen molar-refractivity contribution in [1.82, 2.24) is 4.90 Å². The molecule has 158 valence electrons. The van der Waals surface area contributed by atoms with Crippen LogP contribution in [0.4, 0.5) is 4.79 Å². The summed E-state index contributed by atoms with van der Waals surface area (Å²) in [6.07, 6.45) is 3.93. The first-order valence-electron chi connectivity index (χ1n) is 10.0. The van der Waals surface area contributed by atoms with Gasteiger partial charge in [-0.25, -0.2) is 4.79 Å². The monoisotopic (exact) mass is 393 g/mol. The van der Waals surface area contributed by atoms with Gasteiger partial charge >= 0.3 is 12.1 Å². The molecule has 0 saturated heterocycles. The lowest BCUT2D eigenvalue weighted by atomic mass is 9.62. The first-order valence-corrected chi connectivity index (χ1v) is 10.0. The van der Waals surface area contributed by atoms with Crippen LogP contribution in [0.5, 0.6) is 0 Å². The number of carbonyl (C=O) groups is 3. The van der Waals surface area contributed by atoms with E-state index in [1.165, 1.54) is 7.11 Å². The molecule has 0 aromatic heterocycles. The van der Waals surface area contributed by atoms with Crippen molar-refractivity contribution in [3.8, 4) is 0 Å². The zero-order valence-electron chi connectivity index (χ0n) is 18.5. The second-order valence-corrected chi connectivity index (χ2v) is 9.71. The number of hydrogen-bond acceptors (Lipinski definition) is 5. The van der Waals surface area contributed by atoms with Gasteiger partial charge in [0, 0.05) is 30.3 Å². The highest BCUT2D eigenvalue weighted by molar-refractivity contribution is 5.88. The Kier molecular flexibility index (Phi) is 6.03. The van der Waals surface area contributed by atoms with Gasteiger partial charge in [0.25, 0.3) is 0 Å². The van der Waals surface area contributed by atoms with E-state index in [9.17, 15) is 14.4 Å². The molecule has 0 aliphatic heterocycles. The summed E-state index contributed by atoms with van der Waals surface area (Å²) in [5, 5.41) is 0. The summed E-state index contributed by atoms with van der Waals surface area (Å²) in [4.78, 5) is 39.5. The largest absolute Gasteiger partial charge is 0.469 e. The van der Waals surface area contributed by atoms with Gasteiger partial charge in [-0.1, -0.05) is 25.5 Å². The average molecular weight is 394 g/mol. The molecular weight excluding hydrogens is 358 g/mol. The van der Waals surface area contributed by atoms with Crippen LogP contribution in [0, 0.1) is 16.7 Å². The SMILES string of the molecule is COC(=O)C(C)C1=CC[C@]2(C)C(=O)CC[C@]2(C)[C@@H](N(C)C(=O)OC(C)(C)C)C1. The number of allylic oxidation sites excluding steroid dienone is 1. The van der Waals surface area contributed by atoms with Crippen LogP contribution in [0.3, 0.4) is 0 Å². The molecule has 6 nitrogen and oxygen atoms in total. The predicted molar refractivity (Wildman–Crippen MR) is 107 cm³/mol. The third-order valence-electron chi connectivity index (χ3n) is 6.94. The van der Waals surface area contributed by atoms with Gasteiger partial charge in [-0.15, -0.1) is 0 Å². The van der Waals surface area contributed by atoms with Crippen molar-refractivity contribution < 1.29 is 23.9 Å². The Labute approximate surface area is 168 Å². The minimum Gasteiger partial charge on any atom is -0.469 e. The Morgan fingerprint density at radius 1 is 1.29 bits per heavy atom. The molecule has 1 saturated carbocycles. The van der Waals surface area contributed by atoms with E-state index in [1.54, 1.807) is 11.9 Å². The Bertz CT molecular complexity index is 692. The number of ketones is 1. The van der Waals surface area contributed by atoms with Crippen molar-refractivity contribution in [2.75, 3.05) is 14.2 Å². The molecule has 0 aromatic carbocycles. The Balaban J connectivity index is 2.47. The summed E-state index contributed by atoms with van der Waals surface area (Å²) in [7, 11) is 3.11. The van der Waals surface area contributed by atoms with Crippen LogP contribution in [0.25, 0.3) is 0 Å². The molecule has 6 heteroatoms. The molecule has 0 N–H and O–H groups in total. The third-order valence-corrected chi connectivity index (χ3v) is 6.94. The number of rotatable bonds is 3. The minimum atomic E-state index is -0.607. The van der Waals surface area contributed by atoms with Crippen molar-refractivity contribution in [3.63, 3.8) is 0 Å². The maximum absolute atomic E-state index is 12.9. The molecule has 2 aliphatic carbocycles. The summed E-state index contributed by atoms with van der Waals surface area (Å²) in [6, 6.07) is -0.250. The van der Waals surface area contributed by atoms with Crippen LogP contribution in [0.1, 0.15) is 67.2 Å². The first kappa shape index (κ1) is 22.4. The molecule has 2 rings (SSSR count). The Morgan fingerprint density at radius 3 is 2.43 bits per heavy atom. The normalized spacial score (nSPS) is 31.4. The van der Waals surface area contributed by atoms with Gasteiger partial charge in [-0.05, 0) is 47.0 Å². The zero-order chi connectivity index (χ0) is 21.5. The summed E-state index contributed by atoms with van der Waals surface area (Å²) in [5.74, 6) is -0.500. The van der Waals surface area contributed by atoms with E-state index < -0.39 is 28.4 Å². The number of amides is 1. The van der Waals surface area contributed by atoms with E-state index in [0.717, 1.165) is 5.57 Å². The maximum Gasteiger partial charge on any atom is 0.410 e. The molecule has 0 aromatic rings. The number of nitrogens with zero attached hydrogens (tertiary/aromatic N) is 1. The first-order chi connectivity index (χ1) is 12.8. The molecule has 1 fully saturated rings. The van der Waals surface area contributed by atoms with E-state index in [-0.39, 0.29) is 17.8 Å². The number of methoxy groups -OCH3 is 1. The molecule has 1 unspecified atom stereocenters. The van der Waals surface area contributed by atoms with Gasteiger partial charge in [0.1, 0.15) is 11.4 Å². The molecule has 0 heterocycles. The molecule has 1 amide bonds. The molecule has 2 aliphatic rings. The van der Waals surface area contributed by atoms with Crippen LogP contribution >= 0.6 is 0 Å². The highest BCUT2D eigenvalue weighted by Crippen LogP contribution is 2.58. The number of carbonyl (C=O) groups excluding carboxylic acids is 3. The standard InChI is InChI=1S/C22H35NO5/c1-14(18(25)27-8)15-9-11-22(6)17(24)10-12-21(22,5)16(13-15)23(7)19(26)28-20(2,3)4/h9,14,16H,10-13H2,1-8H3/t14?,16-,21+,22+/m0/s1. The number of fused-ring (bicyclic) bond motifs is 1. The molecule has 4 atom stereocenters. The van der Waals surface area contributed by atoms with Gasteiger partial charge in [0.05, 0.1) is 13.0 Å². The topological polar surface area (TPSA) is 72.9 Å². The maximum atomic E-state index is 12.9. The summed E-state index contributed by atoms with van der Waals surface area (Å²) >= 11 is 0. The Hall–Kier alpha value is -1.85. The fourth-order valence-electron chi connectivity index (χ4n) is 4.70. The van der Waals surface area contributed by atoms with Crippen LogP contribution < -0.4 is 0 Å². The third kappa shape index (κ3) is 3.83. The molecular formula is C22H35NO5. The molecule has 0 spiro atoms. The number of Topliss-reactive ketones (excluding diaryl/α,β-unsaturated/α-hetero) is 1. The van der Waals surface area contributed by atoms with E-state index in [4.69, 9.17) is 9.47 Å². The van der Waals surface area contributed by atoms with E-state index in [2.05, 4.69) is 6.92 Å². The lowest BCUT2D eigenvalue weighted by molar-refractivity contribution is -0.143. The highest BCUT2D eigenvalue weighted by atomic mass is 16.6. The lowest BCUT2D eigenvalue weighted by Crippen LogP contribution is -2.54. The number of hydrogen-bond donors (Lipinski definition) is 0. The lowest BCUT2D eigenvalue weighted by Gasteiger charge is -2.47. The fraction of sp³-hybridized carbons (Fsp3) is 0.773. The molecule has 28 heavy (non-hydrogen) atoms. The van der Waals surface area contributed by atoms with Gasteiger partial charge in [0.15, 0.2) is 0 Å². The summed E-state index contributed by atoms with van der Waals surface area (Å²) in [5.41, 5.74) is -0.670.